The molecule has 3 rings (SSSR count). The molecule has 2 atom stereocenters. The average molecular weight is 366 g/mol. The molecule has 1 aliphatic rings. The summed E-state index contributed by atoms with van der Waals surface area (Å²) in [5.41, 5.74) is 3.37. The molecule has 1 aromatic carbocycles. The Morgan fingerprint density at radius 1 is 1.33 bits per heavy atom. The number of halogens is 1. The highest BCUT2D eigenvalue weighted by Crippen LogP contribution is 2.32. The maximum absolute atomic E-state index is 12.3. The molecule has 1 aliphatic heterocycles. The molecule has 0 saturated carbocycles. The van der Waals surface area contributed by atoms with E-state index in [1.165, 1.54) is 5.56 Å². The van der Waals surface area contributed by atoms with Crippen LogP contribution >= 0.6 is 23.7 Å². The van der Waals surface area contributed by atoms with E-state index in [2.05, 4.69) is 46.8 Å². The lowest BCUT2D eigenvalue weighted by Crippen LogP contribution is -2.41. The van der Waals surface area contributed by atoms with Gasteiger partial charge in [0.1, 0.15) is 5.01 Å². The summed E-state index contributed by atoms with van der Waals surface area (Å²) < 4.78 is 0. The molecule has 0 radical (unpaired) electrons. The Hall–Kier alpha value is -1.43. The van der Waals surface area contributed by atoms with Crippen molar-refractivity contribution >= 4 is 29.7 Å². The number of nitrogens with zero attached hydrogens (tertiary/aromatic N) is 1. The van der Waals surface area contributed by atoms with Crippen molar-refractivity contribution < 1.29 is 4.79 Å². The van der Waals surface area contributed by atoms with Gasteiger partial charge in [0.15, 0.2) is 0 Å². The molecule has 2 N–H and O–H groups in total. The Kier molecular flexibility index (Phi) is 6.38. The quantitative estimate of drug-likeness (QED) is 0.866. The second-order valence-electron chi connectivity index (χ2n) is 6.21. The number of carbonyl (C=O) groups excluding carboxylic acids is 1. The van der Waals surface area contributed by atoms with Crippen molar-refractivity contribution in [2.45, 2.75) is 45.7 Å². The van der Waals surface area contributed by atoms with Crippen LogP contribution < -0.4 is 10.6 Å². The first-order chi connectivity index (χ1) is 11.0. The van der Waals surface area contributed by atoms with Crippen LogP contribution in [0.2, 0.25) is 0 Å². The molecular weight excluding hydrogens is 342 g/mol. The van der Waals surface area contributed by atoms with E-state index in [-0.39, 0.29) is 30.4 Å². The molecule has 24 heavy (non-hydrogen) atoms. The van der Waals surface area contributed by atoms with Crippen LogP contribution in [-0.4, -0.2) is 23.5 Å². The predicted octanol–water partition coefficient (Wildman–Crippen LogP) is 3.78. The highest BCUT2D eigenvalue weighted by atomic mass is 35.5. The SMILES string of the molecule is Cc1ccc(-c2nc(C)c(C(C)NC(=O)C3CCCN3)s2)cc1.Cl. The first-order valence-corrected chi connectivity index (χ1v) is 8.94. The summed E-state index contributed by atoms with van der Waals surface area (Å²) in [4.78, 5) is 18.1. The Morgan fingerprint density at radius 3 is 2.67 bits per heavy atom. The van der Waals surface area contributed by atoms with Crippen molar-refractivity contribution in [3.8, 4) is 10.6 Å². The largest absolute Gasteiger partial charge is 0.347 e. The van der Waals surface area contributed by atoms with Crippen LogP contribution in [0.3, 0.4) is 0 Å². The Morgan fingerprint density at radius 2 is 2.04 bits per heavy atom. The first kappa shape index (κ1) is 18.9. The van der Waals surface area contributed by atoms with Crippen molar-refractivity contribution in [3.63, 3.8) is 0 Å². The van der Waals surface area contributed by atoms with E-state index in [1.54, 1.807) is 11.3 Å². The molecule has 0 bridgehead atoms. The maximum atomic E-state index is 12.3. The number of aryl methyl sites for hydroxylation is 2. The van der Waals surface area contributed by atoms with Crippen LogP contribution in [0.5, 0.6) is 0 Å². The number of benzene rings is 1. The fourth-order valence-corrected chi connectivity index (χ4v) is 3.99. The zero-order chi connectivity index (χ0) is 16.4. The van der Waals surface area contributed by atoms with Crippen molar-refractivity contribution in [1.29, 1.82) is 0 Å². The highest BCUT2D eigenvalue weighted by Gasteiger charge is 2.24. The molecular formula is C18H24ClN3OS. The maximum Gasteiger partial charge on any atom is 0.237 e. The Labute approximate surface area is 153 Å². The molecule has 1 aromatic heterocycles. The van der Waals surface area contributed by atoms with Gasteiger partial charge in [0, 0.05) is 5.56 Å². The van der Waals surface area contributed by atoms with Crippen LogP contribution in [0, 0.1) is 13.8 Å². The van der Waals surface area contributed by atoms with Gasteiger partial charge in [0.2, 0.25) is 5.91 Å². The predicted molar refractivity (Wildman–Crippen MR) is 102 cm³/mol. The van der Waals surface area contributed by atoms with Crippen LogP contribution in [0.4, 0.5) is 0 Å². The monoisotopic (exact) mass is 365 g/mol. The molecule has 2 unspecified atom stereocenters. The summed E-state index contributed by atoms with van der Waals surface area (Å²) in [5.74, 6) is 0.0969. The second-order valence-corrected chi connectivity index (χ2v) is 7.24. The number of thiazole rings is 1. The van der Waals surface area contributed by atoms with Gasteiger partial charge in [-0.25, -0.2) is 4.98 Å². The third kappa shape index (κ3) is 4.15. The fourth-order valence-electron chi connectivity index (χ4n) is 2.92. The van der Waals surface area contributed by atoms with Crippen LogP contribution in [0.25, 0.3) is 10.6 Å². The van der Waals surface area contributed by atoms with E-state index in [1.807, 2.05) is 13.8 Å². The van der Waals surface area contributed by atoms with Gasteiger partial charge in [0.25, 0.3) is 0 Å². The van der Waals surface area contributed by atoms with Crippen molar-refractivity contribution in [2.75, 3.05) is 6.54 Å². The third-order valence-electron chi connectivity index (χ3n) is 4.26. The summed E-state index contributed by atoms with van der Waals surface area (Å²) in [6, 6.07) is 8.35. The fraction of sp³-hybridized carbons (Fsp3) is 0.444. The number of hydrogen-bond acceptors (Lipinski definition) is 4. The topological polar surface area (TPSA) is 54.0 Å². The molecule has 0 aliphatic carbocycles. The smallest absolute Gasteiger partial charge is 0.237 e. The summed E-state index contributed by atoms with van der Waals surface area (Å²) in [5, 5.41) is 7.37. The second kappa shape index (κ2) is 8.10. The van der Waals surface area contributed by atoms with Gasteiger partial charge in [-0.05, 0) is 40.2 Å². The van der Waals surface area contributed by atoms with E-state index in [0.29, 0.717) is 0 Å². The van der Waals surface area contributed by atoms with E-state index < -0.39 is 0 Å². The first-order valence-electron chi connectivity index (χ1n) is 8.12. The molecule has 1 saturated heterocycles. The van der Waals surface area contributed by atoms with Crippen molar-refractivity contribution in [1.82, 2.24) is 15.6 Å². The molecule has 130 valence electrons. The van der Waals surface area contributed by atoms with Gasteiger partial charge in [0.05, 0.1) is 22.7 Å². The van der Waals surface area contributed by atoms with Gasteiger partial charge in [-0.1, -0.05) is 29.8 Å². The number of carbonyl (C=O) groups is 1. The normalized spacial score (nSPS) is 18.0. The standard InChI is InChI=1S/C18H23N3OS.ClH/c1-11-6-8-14(9-7-11)18-21-13(3)16(23-18)12(2)20-17(22)15-5-4-10-19-15;/h6-9,12,15,19H,4-5,10H2,1-3H3,(H,20,22);1H. The molecule has 1 amide bonds. The third-order valence-corrected chi connectivity index (χ3v) is 5.65. The van der Waals surface area contributed by atoms with E-state index in [0.717, 1.165) is 40.5 Å². The minimum Gasteiger partial charge on any atom is -0.347 e. The van der Waals surface area contributed by atoms with Crippen LogP contribution in [-0.2, 0) is 4.79 Å². The summed E-state index contributed by atoms with van der Waals surface area (Å²) in [6.45, 7) is 7.06. The number of rotatable bonds is 4. The molecule has 4 nitrogen and oxygen atoms in total. The van der Waals surface area contributed by atoms with E-state index in [9.17, 15) is 4.79 Å². The lowest BCUT2D eigenvalue weighted by atomic mass is 10.1. The van der Waals surface area contributed by atoms with Gasteiger partial charge in [-0.15, -0.1) is 23.7 Å². The Bertz CT molecular complexity index is 693. The van der Waals surface area contributed by atoms with Gasteiger partial charge in [-0.2, -0.15) is 0 Å². The number of nitrogens with one attached hydrogen (secondary N) is 2. The zero-order valence-electron chi connectivity index (χ0n) is 14.3. The van der Waals surface area contributed by atoms with Crippen molar-refractivity contribution in [2.24, 2.45) is 0 Å². The number of amides is 1. The molecule has 1 fully saturated rings. The lowest BCUT2D eigenvalue weighted by Gasteiger charge is -2.16. The average Bonchev–Trinajstić information content (AvgIpc) is 3.17. The zero-order valence-corrected chi connectivity index (χ0v) is 15.9. The van der Waals surface area contributed by atoms with E-state index >= 15 is 0 Å². The van der Waals surface area contributed by atoms with Gasteiger partial charge in [-0.3, -0.25) is 4.79 Å². The number of aromatic nitrogens is 1. The minimum atomic E-state index is -0.0396. The van der Waals surface area contributed by atoms with Crippen LogP contribution in [0.1, 0.15) is 41.9 Å². The lowest BCUT2D eigenvalue weighted by molar-refractivity contribution is -0.123. The molecule has 2 aromatic rings. The Balaban J connectivity index is 0.00000208. The summed E-state index contributed by atoms with van der Waals surface area (Å²) >= 11 is 1.66. The molecule has 6 heteroatoms. The molecule has 0 spiro atoms. The van der Waals surface area contributed by atoms with Crippen LogP contribution in [0.15, 0.2) is 24.3 Å². The highest BCUT2D eigenvalue weighted by molar-refractivity contribution is 7.15. The summed E-state index contributed by atoms with van der Waals surface area (Å²) in [6.07, 6.45) is 2.00. The van der Waals surface area contributed by atoms with Crippen molar-refractivity contribution in [3.05, 3.63) is 40.4 Å². The molecule has 2 heterocycles. The van der Waals surface area contributed by atoms with Gasteiger partial charge < -0.3 is 10.6 Å². The van der Waals surface area contributed by atoms with Gasteiger partial charge >= 0.3 is 0 Å². The summed E-state index contributed by atoms with van der Waals surface area (Å²) in [7, 11) is 0. The van der Waals surface area contributed by atoms with E-state index in [4.69, 9.17) is 0 Å². The minimum absolute atomic E-state index is 0. The number of hydrogen-bond donors (Lipinski definition) is 2.